The van der Waals surface area contributed by atoms with Gasteiger partial charge in [0.15, 0.2) is 0 Å². The molecule has 2 N–H and O–H groups in total. The van der Waals surface area contributed by atoms with Crippen molar-refractivity contribution in [2.45, 2.75) is 52.1 Å². The molecule has 0 amide bonds. The number of rotatable bonds is 4. The molecule has 2 unspecified atom stereocenters. The molecule has 0 saturated carbocycles. The Kier molecular flexibility index (Phi) is 4.76. The maximum Gasteiger partial charge on any atom is 0.0954 e. The second kappa shape index (κ2) is 6.13. The van der Waals surface area contributed by atoms with Crippen LogP contribution in [0.4, 0.5) is 0 Å². The average Bonchev–Trinajstić information content (AvgIpc) is 2.78. The molecule has 1 aliphatic heterocycles. The minimum Gasteiger partial charge on any atom is -0.329 e. The van der Waals surface area contributed by atoms with E-state index in [1.54, 1.807) is 11.3 Å². The van der Waals surface area contributed by atoms with Crippen LogP contribution in [0.3, 0.4) is 0 Å². The topological polar surface area (TPSA) is 42.2 Å². The summed E-state index contributed by atoms with van der Waals surface area (Å²) in [6.07, 6.45) is 2.60. The summed E-state index contributed by atoms with van der Waals surface area (Å²) in [6.45, 7) is 9.63. The summed E-state index contributed by atoms with van der Waals surface area (Å²) in [4.78, 5) is 7.25. The fourth-order valence-electron chi connectivity index (χ4n) is 2.78. The smallest absolute Gasteiger partial charge is 0.0954 e. The molecule has 18 heavy (non-hydrogen) atoms. The molecule has 1 fully saturated rings. The molecular weight excluding hydrogens is 242 g/mol. The summed E-state index contributed by atoms with van der Waals surface area (Å²) >= 11 is 1.79. The number of nitrogens with two attached hydrogens (primary N) is 1. The van der Waals surface area contributed by atoms with Gasteiger partial charge >= 0.3 is 0 Å². The first-order valence-electron chi connectivity index (χ1n) is 7.00. The molecule has 0 bridgehead atoms. The molecule has 2 heterocycles. The lowest BCUT2D eigenvalue weighted by atomic mass is 9.91. The molecule has 1 saturated heterocycles. The van der Waals surface area contributed by atoms with Crippen molar-refractivity contribution in [2.75, 3.05) is 13.1 Å². The van der Waals surface area contributed by atoms with Gasteiger partial charge in [0.1, 0.15) is 0 Å². The summed E-state index contributed by atoms with van der Waals surface area (Å²) in [7, 11) is 0. The van der Waals surface area contributed by atoms with Crippen LogP contribution in [0.25, 0.3) is 0 Å². The van der Waals surface area contributed by atoms with Crippen molar-refractivity contribution in [2.24, 2.45) is 11.7 Å². The zero-order valence-electron chi connectivity index (χ0n) is 11.7. The number of thiazole rings is 1. The van der Waals surface area contributed by atoms with E-state index in [1.165, 1.54) is 30.1 Å². The van der Waals surface area contributed by atoms with E-state index in [-0.39, 0.29) is 0 Å². The lowest BCUT2D eigenvalue weighted by Gasteiger charge is -2.39. The SMILES string of the molecule is CC(C)c1nc(CN2CCCC(C)C2CN)cs1. The largest absolute Gasteiger partial charge is 0.329 e. The lowest BCUT2D eigenvalue weighted by molar-refractivity contribution is 0.0979. The number of piperidine rings is 1. The van der Waals surface area contributed by atoms with Crippen LogP contribution in [0.1, 0.15) is 50.2 Å². The van der Waals surface area contributed by atoms with Crippen LogP contribution < -0.4 is 5.73 Å². The molecule has 4 heteroatoms. The predicted molar refractivity (Wildman–Crippen MR) is 77.9 cm³/mol. The fourth-order valence-corrected chi connectivity index (χ4v) is 3.61. The van der Waals surface area contributed by atoms with Gasteiger partial charge in [0.05, 0.1) is 10.7 Å². The third kappa shape index (κ3) is 3.11. The Labute approximate surface area is 114 Å². The molecule has 1 aromatic heterocycles. The second-order valence-electron chi connectivity index (χ2n) is 5.72. The highest BCUT2D eigenvalue weighted by Gasteiger charge is 2.27. The van der Waals surface area contributed by atoms with E-state index < -0.39 is 0 Å². The summed E-state index contributed by atoms with van der Waals surface area (Å²) in [5.41, 5.74) is 7.15. The standard InChI is InChI=1S/C14H25N3S/c1-10(2)14-16-12(9-18-14)8-17-6-4-5-11(3)13(17)7-15/h9-11,13H,4-8,15H2,1-3H3. The van der Waals surface area contributed by atoms with Gasteiger partial charge in [-0.05, 0) is 25.3 Å². The van der Waals surface area contributed by atoms with E-state index in [4.69, 9.17) is 10.7 Å². The Morgan fingerprint density at radius 3 is 2.94 bits per heavy atom. The second-order valence-corrected chi connectivity index (χ2v) is 6.61. The number of nitrogens with zero attached hydrogens (tertiary/aromatic N) is 2. The summed E-state index contributed by atoms with van der Waals surface area (Å²) in [5, 5.41) is 3.46. The van der Waals surface area contributed by atoms with Gasteiger partial charge in [-0.2, -0.15) is 0 Å². The van der Waals surface area contributed by atoms with Crippen molar-refractivity contribution in [3.8, 4) is 0 Å². The normalized spacial score (nSPS) is 25.8. The number of aromatic nitrogens is 1. The van der Waals surface area contributed by atoms with Gasteiger partial charge in [-0.25, -0.2) is 4.98 Å². The fraction of sp³-hybridized carbons (Fsp3) is 0.786. The van der Waals surface area contributed by atoms with Crippen molar-refractivity contribution in [3.05, 3.63) is 16.1 Å². The zero-order chi connectivity index (χ0) is 13.1. The molecule has 1 aromatic rings. The highest BCUT2D eigenvalue weighted by atomic mass is 32.1. The van der Waals surface area contributed by atoms with E-state index in [1.807, 2.05) is 0 Å². The molecule has 2 rings (SSSR count). The maximum absolute atomic E-state index is 5.93. The molecular formula is C14H25N3S. The molecule has 2 atom stereocenters. The van der Waals surface area contributed by atoms with Crippen molar-refractivity contribution < 1.29 is 0 Å². The Morgan fingerprint density at radius 2 is 2.33 bits per heavy atom. The summed E-state index contributed by atoms with van der Waals surface area (Å²) in [5.74, 6) is 1.25. The predicted octanol–water partition coefficient (Wildman–Crippen LogP) is 2.83. The van der Waals surface area contributed by atoms with Crippen molar-refractivity contribution in [3.63, 3.8) is 0 Å². The summed E-state index contributed by atoms with van der Waals surface area (Å²) < 4.78 is 0. The van der Waals surface area contributed by atoms with Crippen LogP contribution in [0, 0.1) is 5.92 Å². The van der Waals surface area contributed by atoms with Crippen LogP contribution in [0.5, 0.6) is 0 Å². The van der Waals surface area contributed by atoms with Crippen LogP contribution in [0.2, 0.25) is 0 Å². The van der Waals surface area contributed by atoms with Crippen molar-refractivity contribution in [1.29, 1.82) is 0 Å². The van der Waals surface area contributed by atoms with Gasteiger partial charge in [0.25, 0.3) is 0 Å². The molecule has 102 valence electrons. The van der Waals surface area contributed by atoms with E-state index in [2.05, 4.69) is 31.1 Å². The Balaban J connectivity index is 2.02. The van der Waals surface area contributed by atoms with Crippen LogP contribution in [-0.2, 0) is 6.54 Å². The summed E-state index contributed by atoms with van der Waals surface area (Å²) in [6, 6.07) is 0.531. The van der Waals surface area contributed by atoms with Crippen LogP contribution >= 0.6 is 11.3 Å². The van der Waals surface area contributed by atoms with Crippen molar-refractivity contribution >= 4 is 11.3 Å². The van der Waals surface area contributed by atoms with Gasteiger partial charge in [-0.15, -0.1) is 11.3 Å². The highest BCUT2D eigenvalue weighted by molar-refractivity contribution is 7.09. The van der Waals surface area contributed by atoms with Gasteiger partial charge in [0.2, 0.25) is 0 Å². The number of hydrogen-bond acceptors (Lipinski definition) is 4. The lowest BCUT2D eigenvalue weighted by Crippen LogP contribution is -2.48. The quantitative estimate of drug-likeness (QED) is 0.912. The zero-order valence-corrected chi connectivity index (χ0v) is 12.5. The number of likely N-dealkylation sites (tertiary alicyclic amines) is 1. The van der Waals surface area contributed by atoms with Gasteiger partial charge in [-0.1, -0.05) is 20.8 Å². The third-order valence-electron chi connectivity index (χ3n) is 3.90. The van der Waals surface area contributed by atoms with Gasteiger partial charge in [0, 0.05) is 30.4 Å². The van der Waals surface area contributed by atoms with Gasteiger partial charge < -0.3 is 5.73 Å². The first-order valence-corrected chi connectivity index (χ1v) is 7.88. The van der Waals surface area contributed by atoms with Crippen LogP contribution in [-0.4, -0.2) is 29.0 Å². The van der Waals surface area contributed by atoms with E-state index >= 15 is 0 Å². The molecule has 0 spiro atoms. The molecule has 3 nitrogen and oxygen atoms in total. The first kappa shape index (κ1) is 14.0. The molecule has 0 radical (unpaired) electrons. The van der Waals surface area contributed by atoms with E-state index in [0.29, 0.717) is 17.9 Å². The van der Waals surface area contributed by atoms with Crippen molar-refractivity contribution in [1.82, 2.24) is 9.88 Å². The van der Waals surface area contributed by atoms with Crippen LogP contribution in [0.15, 0.2) is 5.38 Å². The first-order chi connectivity index (χ1) is 8.61. The Hall–Kier alpha value is -0.450. The monoisotopic (exact) mass is 267 g/mol. The van der Waals surface area contributed by atoms with E-state index in [0.717, 1.165) is 13.1 Å². The average molecular weight is 267 g/mol. The highest BCUT2D eigenvalue weighted by Crippen LogP contribution is 2.26. The maximum atomic E-state index is 5.93. The molecule has 0 aliphatic carbocycles. The minimum absolute atomic E-state index is 0.531. The molecule has 1 aliphatic rings. The Bertz CT molecular complexity index is 375. The molecule has 0 aromatic carbocycles. The minimum atomic E-state index is 0.531. The van der Waals surface area contributed by atoms with E-state index in [9.17, 15) is 0 Å². The third-order valence-corrected chi connectivity index (χ3v) is 5.09. The number of hydrogen-bond donors (Lipinski definition) is 1. The Morgan fingerprint density at radius 1 is 1.56 bits per heavy atom. The van der Waals surface area contributed by atoms with Gasteiger partial charge in [-0.3, -0.25) is 4.90 Å².